The summed E-state index contributed by atoms with van der Waals surface area (Å²) < 4.78 is 2.23. The summed E-state index contributed by atoms with van der Waals surface area (Å²) in [6.45, 7) is 1.50. The average Bonchev–Trinajstić information content (AvgIpc) is 3.16. The van der Waals surface area contributed by atoms with Crippen LogP contribution in [0.4, 0.5) is 5.69 Å². The van der Waals surface area contributed by atoms with Crippen LogP contribution in [0.15, 0.2) is 54.6 Å². The quantitative estimate of drug-likeness (QED) is 0.661. The van der Waals surface area contributed by atoms with E-state index in [9.17, 15) is 9.59 Å². The highest BCUT2D eigenvalue weighted by molar-refractivity contribution is 6.22. The van der Waals surface area contributed by atoms with E-state index in [2.05, 4.69) is 40.8 Å². The number of aryl methyl sites for hydroxylation is 1. The van der Waals surface area contributed by atoms with Crippen molar-refractivity contribution >= 4 is 28.4 Å². The predicted molar refractivity (Wildman–Crippen MR) is 104 cm³/mol. The number of benzene rings is 2. The van der Waals surface area contributed by atoms with Crippen LogP contribution < -0.4 is 4.90 Å². The number of hydrogen-bond acceptors (Lipinski definition) is 3. The number of imide groups is 1. The van der Waals surface area contributed by atoms with Crippen LogP contribution >= 0.6 is 0 Å². The molecule has 27 heavy (non-hydrogen) atoms. The van der Waals surface area contributed by atoms with Crippen molar-refractivity contribution in [2.45, 2.75) is 25.4 Å². The van der Waals surface area contributed by atoms with E-state index in [1.165, 1.54) is 27.1 Å². The van der Waals surface area contributed by atoms with Crippen molar-refractivity contribution < 1.29 is 9.59 Å². The van der Waals surface area contributed by atoms with Gasteiger partial charge in [-0.25, -0.2) is 4.90 Å². The standard InChI is InChI=1S/C22H21N3O2/c1-23-18-10-6-5-9-16(18)17-11-12-24(14-20(17)23)19-13-21(26)25(22(19)27)15-7-3-2-4-8-15/h2-10,19H,11-14H2,1H3/t19-/m1/s1. The Kier molecular flexibility index (Phi) is 3.65. The molecule has 3 heterocycles. The Morgan fingerprint density at radius 1 is 0.963 bits per heavy atom. The smallest absolute Gasteiger partial charge is 0.251 e. The molecule has 2 aliphatic rings. The third-order valence-electron chi connectivity index (χ3n) is 5.92. The second-order valence-corrected chi connectivity index (χ2v) is 7.34. The maximum absolute atomic E-state index is 13.0. The number of carbonyl (C=O) groups excluding carboxylic acids is 2. The van der Waals surface area contributed by atoms with Gasteiger partial charge < -0.3 is 4.57 Å². The van der Waals surface area contributed by atoms with Gasteiger partial charge >= 0.3 is 0 Å². The molecule has 3 aromatic rings. The zero-order valence-electron chi connectivity index (χ0n) is 15.3. The van der Waals surface area contributed by atoms with Gasteiger partial charge in [0.1, 0.15) is 0 Å². The molecule has 5 rings (SSSR count). The molecule has 2 aromatic carbocycles. The molecule has 136 valence electrons. The highest BCUT2D eigenvalue weighted by atomic mass is 16.2. The fourth-order valence-electron chi connectivity index (χ4n) is 4.55. The zero-order valence-corrected chi connectivity index (χ0v) is 15.3. The molecule has 0 spiro atoms. The van der Waals surface area contributed by atoms with E-state index in [1.807, 2.05) is 30.3 Å². The van der Waals surface area contributed by atoms with Gasteiger partial charge in [0, 0.05) is 36.7 Å². The second kappa shape index (κ2) is 6.06. The summed E-state index contributed by atoms with van der Waals surface area (Å²) in [7, 11) is 2.09. The van der Waals surface area contributed by atoms with Gasteiger partial charge in [-0.1, -0.05) is 36.4 Å². The van der Waals surface area contributed by atoms with Gasteiger partial charge in [-0.2, -0.15) is 0 Å². The normalized spacial score (nSPS) is 20.5. The van der Waals surface area contributed by atoms with E-state index < -0.39 is 0 Å². The monoisotopic (exact) mass is 359 g/mol. The fraction of sp³-hybridized carbons (Fsp3) is 0.273. The Morgan fingerprint density at radius 2 is 1.70 bits per heavy atom. The highest BCUT2D eigenvalue weighted by Gasteiger charge is 2.43. The van der Waals surface area contributed by atoms with Crippen molar-refractivity contribution in [3.8, 4) is 0 Å². The molecule has 1 saturated heterocycles. The first kappa shape index (κ1) is 16.3. The molecular weight excluding hydrogens is 338 g/mol. The molecule has 0 saturated carbocycles. The van der Waals surface area contributed by atoms with Gasteiger partial charge in [-0.15, -0.1) is 0 Å². The Bertz CT molecular complexity index is 1050. The fourth-order valence-corrected chi connectivity index (χ4v) is 4.55. The lowest BCUT2D eigenvalue weighted by molar-refractivity contribution is -0.123. The second-order valence-electron chi connectivity index (χ2n) is 7.34. The summed E-state index contributed by atoms with van der Waals surface area (Å²) in [4.78, 5) is 29.1. The first-order valence-electron chi connectivity index (χ1n) is 9.36. The molecule has 2 aliphatic heterocycles. The molecular formula is C22H21N3O2. The number of aromatic nitrogens is 1. The van der Waals surface area contributed by atoms with Crippen molar-refractivity contribution in [1.82, 2.24) is 9.47 Å². The SMILES string of the molecule is Cn1c2c(c3ccccc31)CCN([C@@H]1CC(=O)N(c3ccccc3)C1=O)C2. The summed E-state index contributed by atoms with van der Waals surface area (Å²) in [5.41, 5.74) is 4.52. The number of fused-ring (bicyclic) bond motifs is 3. The van der Waals surface area contributed by atoms with Gasteiger partial charge in [0.2, 0.25) is 5.91 Å². The van der Waals surface area contributed by atoms with Crippen LogP contribution in [0.5, 0.6) is 0 Å². The van der Waals surface area contributed by atoms with Crippen LogP contribution in [0.25, 0.3) is 10.9 Å². The lowest BCUT2D eigenvalue weighted by Gasteiger charge is -2.31. The summed E-state index contributed by atoms with van der Waals surface area (Å²) in [6.07, 6.45) is 1.16. The highest BCUT2D eigenvalue weighted by Crippen LogP contribution is 2.33. The third kappa shape index (κ3) is 2.42. The Hall–Kier alpha value is -2.92. The van der Waals surface area contributed by atoms with E-state index in [0.29, 0.717) is 12.2 Å². The molecule has 0 aliphatic carbocycles. The number of carbonyl (C=O) groups is 2. The van der Waals surface area contributed by atoms with E-state index in [4.69, 9.17) is 0 Å². The van der Waals surface area contributed by atoms with Crippen molar-refractivity contribution in [3.05, 3.63) is 65.9 Å². The largest absolute Gasteiger partial charge is 0.346 e. The third-order valence-corrected chi connectivity index (χ3v) is 5.92. The van der Waals surface area contributed by atoms with E-state index in [-0.39, 0.29) is 24.3 Å². The summed E-state index contributed by atoms with van der Waals surface area (Å²) in [6, 6.07) is 17.3. The topological polar surface area (TPSA) is 45.6 Å². The van der Waals surface area contributed by atoms with E-state index in [1.54, 1.807) is 0 Å². The minimum Gasteiger partial charge on any atom is -0.346 e. The number of amides is 2. The number of nitrogens with zero attached hydrogens (tertiary/aromatic N) is 3. The van der Waals surface area contributed by atoms with E-state index in [0.717, 1.165) is 13.0 Å². The van der Waals surface area contributed by atoms with Gasteiger partial charge in [0.05, 0.1) is 18.2 Å². The molecule has 5 nitrogen and oxygen atoms in total. The van der Waals surface area contributed by atoms with Gasteiger partial charge in [-0.3, -0.25) is 14.5 Å². The Labute approximate surface area is 157 Å². The van der Waals surface area contributed by atoms with Crippen LogP contribution in [0.2, 0.25) is 0 Å². The van der Waals surface area contributed by atoms with Crippen molar-refractivity contribution in [1.29, 1.82) is 0 Å². The molecule has 1 aromatic heterocycles. The Morgan fingerprint density at radius 3 is 2.52 bits per heavy atom. The van der Waals surface area contributed by atoms with Crippen LogP contribution in [0, 0.1) is 0 Å². The summed E-state index contributed by atoms with van der Waals surface area (Å²) in [5.74, 6) is -0.215. The first-order chi connectivity index (χ1) is 13.1. The molecule has 2 amide bonds. The van der Waals surface area contributed by atoms with Gasteiger partial charge in [-0.05, 0) is 30.2 Å². The van der Waals surface area contributed by atoms with Gasteiger partial charge in [0.25, 0.3) is 5.91 Å². The summed E-state index contributed by atoms with van der Waals surface area (Å²) in [5, 5.41) is 1.30. The van der Waals surface area contributed by atoms with Crippen molar-refractivity contribution in [2.75, 3.05) is 11.4 Å². The number of hydrogen-bond donors (Lipinski definition) is 0. The molecule has 1 fully saturated rings. The molecule has 5 heteroatoms. The van der Waals surface area contributed by atoms with Gasteiger partial charge in [0.15, 0.2) is 0 Å². The van der Waals surface area contributed by atoms with Crippen molar-refractivity contribution in [3.63, 3.8) is 0 Å². The molecule has 0 bridgehead atoms. The minimum absolute atomic E-state index is 0.103. The average molecular weight is 359 g/mol. The number of rotatable bonds is 2. The van der Waals surface area contributed by atoms with E-state index >= 15 is 0 Å². The first-order valence-corrected chi connectivity index (χ1v) is 9.36. The summed E-state index contributed by atoms with van der Waals surface area (Å²) >= 11 is 0. The zero-order chi connectivity index (χ0) is 18.5. The maximum Gasteiger partial charge on any atom is 0.251 e. The lowest BCUT2D eigenvalue weighted by atomic mass is 10.0. The Balaban J connectivity index is 1.46. The van der Waals surface area contributed by atoms with Crippen LogP contribution in [0.3, 0.4) is 0 Å². The maximum atomic E-state index is 13.0. The van der Waals surface area contributed by atoms with Crippen LogP contribution in [-0.2, 0) is 29.6 Å². The molecule has 0 unspecified atom stereocenters. The lowest BCUT2D eigenvalue weighted by Crippen LogP contribution is -2.44. The molecule has 1 atom stereocenters. The number of anilines is 1. The minimum atomic E-state index is -0.371. The molecule has 0 N–H and O–H groups in total. The predicted octanol–water partition coefficient (Wildman–Crippen LogP) is 2.87. The number of para-hydroxylation sites is 2. The van der Waals surface area contributed by atoms with Crippen molar-refractivity contribution in [2.24, 2.45) is 7.05 Å². The molecule has 0 radical (unpaired) electrons. The van der Waals surface area contributed by atoms with Crippen LogP contribution in [0.1, 0.15) is 17.7 Å². The van der Waals surface area contributed by atoms with Crippen LogP contribution in [-0.4, -0.2) is 33.9 Å².